The minimum atomic E-state index is -0.171. The number of hydrogen-bond acceptors (Lipinski definition) is 5. The molecule has 0 N–H and O–H groups in total. The highest BCUT2D eigenvalue weighted by molar-refractivity contribution is 5.94. The van der Waals surface area contributed by atoms with Crippen molar-refractivity contribution in [3.05, 3.63) is 24.2 Å². The zero-order chi connectivity index (χ0) is 19.2. The van der Waals surface area contributed by atoms with E-state index >= 15 is 0 Å². The third-order valence-corrected chi connectivity index (χ3v) is 5.28. The van der Waals surface area contributed by atoms with Crippen molar-refractivity contribution in [1.82, 2.24) is 14.7 Å². The van der Waals surface area contributed by atoms with Gasteiger partial charge in [0.2, 0.25) is 11.8 Å². The van der Waals surface area contributed by atoms with Crippen LogP contribution in [0.15, 0.2) is 23.0 Å². The van der Waals surface area contributed by atoms with Crippen LogP contribution < -0.4 is 0 Å². The molecule has 2 fully saturated rings. The number of likely N-dealkylation sites (tertiary alicyclic amines) is 1. The van der Waals surface area contributed by atoms with Crippen molar-refractivity contribution < 1.29 is 23.5 Å². The van der Waals surface area contributed by atoms with Crippen molar-refractivity contribution in [1.29, 1.82) is 0 Å². The SMILES string of the molecule is COCCN1CC(C(=O)N2CCCN(C(=O)c3ccoc3)CC2)CCC1=O. The number of piperidine rings is 1. The van der Waals surface area contributed by atoms with E-state index < -0.39 is 0 Å². The van der Waals surface area contributed by atoms with Gasteiger partial charge in [-0.05, 0) is 18.9 Å². The number of carbonyl (C=O) groups excluding carboxylic acids is 3. The molecule has 1 aromatic rings. The zero-order valence-electron chi connectivity index (χ0n) is 15.8. The first kappa shape index (κ1) is 19.4. The molecule has 0 saturated carbocycles. The molecule has 3 rings (SSSR count). The van der Waals surface area contributed by atoms with E-state index in [-0.39, 0.29) is 23.6 Å². The van der Waals surface area contributed by atoms with Crippen molar-refractivity contribution >= 4 is 17.7 Å². The summed E-state index contributed by atoms with van der Waals surface area (Å²) in [6, 6.07) is 1.66. The fraction of sp³-hybridized carbons (Fsp3) is 0.632. The van der Waals surface area contributed by atoms with Gasteiger partial charge in [-0.3, -0.25) is 14.4 Å². The Morgan fingerprint density at radius 1 is 1.22 bits per heavy atom. The van der Waals surface area contributed by atoms with E-state index in [1.165, 1.54) is 12.5 Å². The number of amides is 3. The second kappa shape index (κ2) is 9.03. The standard InChI is InChI=1S/C19H27N3O5/c1-26-12-10-22-13-15(3-4-17(22)23)18(24)20-6-2-7-21(9-8-20)19(25)16-5-11-27-14-16/h5,11,14-15H,2-4,6-10,12-13H2,1H3. The fourth-order valence-electron chi connectivity index (χ4n) is 3.70. The first-order valence-corrected chi connectivity index (χ1v) is 9.47. The summed E-state index contributed by atoms with van der Waals surface area (Å²) in [5.74, 6) is -0.0610. The van der Waals surface area contributed by atoms with E-state index in [4.69, 9.17) is 9.15 Å². The summed E-state index contributed by atoms with van der Waals surface area (Å²) in [5, 5.41) is 0. The average molecular weight is 377 g/mol. The molecule has 1 aromatic heterocycles. The van der Waals surface area contributed by atoms with Gasteiger partial charge in [-0.15, -0.1) is 0 Å². The quantitative estimate of drug-likeness (QED) is 0.759. The van der Waals surface area contributed by atoms with Gasteiger partial charge >= 0.3 is 0 Å². The van der Waals surface area contributed by atoms with E-state index in [1.54, 1.807) is 23.0 Å². The number of carbonyl (C=O) groups is 3. The van der Waals surface area contributed by atoms with Gasteiger partial charge in [-0.25, -0.2) is 0 Å². The molecule has 1 unspecified atom stereocenters. The van der Waals surface area contributed by atoms with Crippen LogP contribution in [0.4, 0.5) is 0 Å². The fourth-order valence-corrected chi connectivity index (χ4v) is 3.70. The predicted octanol–water partition coefficient (Wildman–Crippen LogP) is 0.839. The molecule has 3 heterocycles. The average Bonchev–Trinajstić information content (AvgIpc) is 3.11. The van der Waals surface area contributed by atoms with E-state index in [0.29, 0.717) is 64.3 Å². The molecule has 2 saturated heterocycles. The molecule has 8 nitrogen and oxygen atoms in total. The Balaban J connectivity index is 1.56. The monoisotopic (exact) mass is 377 g/mol. The molecule has 1 atom stereocenters. The van der Waals surface area contributed by atoms with Gasteiger partial charge in [0.25, 0.3) is 5.91 Å². The predicted molar refractivity (Wildman–Crippen MR) is 97.0 cm³/mol. The maximum absolute atomic E-state index is 13.0. The Morgan fingerprint density at radius 3 is 2.74 bits per heavy atom. The molecule has 2 aliphatic rings. The van der Waals surface area contributed by atoms with Crippen molar-refractivity contribution in [2.75, 3.05) is 53.0 Å². The summed E-state index contributed by atoms with van der Waals surface area (Å²) < 4.78 is 10.0. The largest absolute Gasteiger partial charge is 0.472 e. The first-order chi connectivity index (χ1) is 13.1. The summed E-state index contributed by atoms with van der Waals surface area (Å²) in [7, 11) is 1.60. The maximum Gasteiger partial charge on any atom is 0.257 e. The highest BCUT2D eigenvalue weighted by Crippen LogP contribution is 2.21. The topological polar surface area (TPSA) is 83.3 Å². The lowest BCUT2D eigenvalue weighted by Gasteiger charge is -2.34. The van der Waals surface area contributed by atoms with Crippen LogP contribution >= 0.6 is 0 Å². The summed E-state index contributed by atoms with van der Waals surface area (Å²) >= 11 is 0. The normalized spacial score (nSPS) is 21.3. The third-order valence-electron chi connectivity index (χ3n) is 5.28. The summed E-state index contributed by atoms with van der Waals surface area (Å²) in [4.78, 5) is 42.8. The summed E-state index contributed by atoms with van der Waals surface area (Å²) in [5.41, 5.74) is 0.536. The minimum absolute atomic E-state index is 0.0629. The summed E-state index contributed by atoms with van der Waals surface area (Å²) in [6.07, 6.45) is 4.67. The van der Waals surface area contributed by atoms with Gasteiger partial charge in [-0.2, -0.15) is 0 Å². The lowest BCUT2D eigenvalue weighted by Crippen LogP contribution is -2.48. The first-order valence-electron chi connectivity index (χ1n) is 9.47. The lowest BCUT2D eigenvalue weighted by molar-refractivity contribution is -0.143. The van der Waals surface area contributed by atoms with Crippen LogP contribution in [-0.2, 0) is 14.3 Å². The van der Waals surface area contributed by atoms with Crippen LogP contribution in [-0.4, -0.2) is 85.4 Å². The Morgan fingerprint density at radius 2 is 2.00 bits per heavy atom. The molecule has 0 bridgehead atoms. The van der Waals surface area contributed by atoms with Crippen molar-refractivity contribution in [2.24, 2.45) is 5.92 Å². The molecular formula is C19H27N3O5. The van der Waals surface area contributed by atoms with Crippen LogP contribution in [0.5, 0.6) is 0 Å². The van der Waals surface area contributed by atoms with Gasteiger partial charge in [0, 0.05) is 52.8 Å². The van der Waals surface area contributed by atoms with E-state index in [1.807, 2.05) is 4.90 Å². The molecule has 3 amide bonds. The zero-order valence-corrected chi connectivity index (χ0v) is 15.8. The smallest absolute Gasteiger partial charge is 0.257 e. The number of hydrogen-bond donors (Lipinski definition) is 0. The number of nitrogens with zero attached hydrogens (tertiary/aromatic N) is 3. The minimum Gasteiger partial charge on any atom is -0.472 e. The van der Waals surface area contributed by atoms with Crippen molar-refractivity contribution in [3.63, 3.8) is 0 Å². The van der Waals surface area contributed by atoms with Crippen LogP contribution in [0.25, 0.3) is 0 Å². The van der Waals surface area contributed by atoms with Crippen LogP contribution in [0.2, 0.25) is 0 Å². The van der Waals surface area contributed by atoms with Crippen molar-refractivity contribution in [2.45, 2.75) is 19.3 Å². The van der Waals surface area contributed by atoms with Gasteiger partial charge in [-0.1, -0.05) is 0 Å². The van der Waals surface area contributed by atoms with Gasteiger partial charge in [0.1, 0.15) is 6.26 Å². The maximum atomic E-state index is 13.0. The number of methoxy groups -OCH3 is 1. The van der Waals surface area contributed by atoms with Crippen LogP contribution in [0.3, 0.4) is 0 Å². The highest BCUT2D eigenvalue weighted by Gasteiger charge is 2.33. The number of rotatable bonds is 5. The van der Waals surface area contributed by atoms with Crippen LogP contribution in [0.1, 0.15) is 29.6 Å². The van der Waals surface area contributed by atoms with Gasteiger partial charge in [0.05, 0.1) is 24.4 Å². The Hall–Kier alpha value is -2.35. The Labute approximate surface area is 159 Å². The lowest BCUT2D eigenvalue weighted by atomic mass is 9.96. The molecule has 2 aliphatic heterocycles. The third kappa shape index (κ3) is 4.68. The Bertz CT molecular complexity index is 660. The van der Waals surface area contributed by atoms with Crippen molar-refractivity contribution in [3.8, 4) is 0 Å². The molecule has 148 valence electrons. The number of ether oxygens (including phenoxy) is 1. The summed E-state index contributed by atoms with van der Waals surface area (Å²) in [6.45, 7) is 3.73. The molecule has 27 heavy (non-hydrogen) atoms. The molecule has 0 aliphatic carbocycles. The van der Waals surface area contributed by atoms with Crippen LogP contribution in [0, 0.1) is 5.92 Å². The molecule has 0 spiro atoms. The molecular weight excluding hydrogens is 350 g/mol. The van der Waals surface area contributed by atoms with Gasteiger partial charge < -0.3 is 23.9 Å². The van der Waals surface area contributed by atoms with E-state index in [0.717, 1.165) is 6.42 Å². The van der Waals surface area contributed by atoms with E-state index in [2.05, 4.69) is 0 Å². The van der Waals surface area contributed by atoms with Gasteiger partial charge in [0.15, 0.2) is 0 Å². The highest BCUT2D eigenvalue weighted by atomic mass is 16.5. The second-order valence-electron chi connectivity index (χ2n) is 7.05. The molecule has 0 aromatic carbocycles. The second-order valence-corrected chi connectivity index (χ2v) is 7.05. The Kier molecular flexibility index (Phi) is 6.49. The van der Waals surface area contributed by atoms with E-state index in [9.17, 15) is 14.4 Å². The molecule has 8 heteroatoms. The molecule has 0 radical (unpaired) electrons. The number of furan rings is 1.